The third-order valence-electron chi connectivity index (χ3n) is 3.88. The molecule has 6 heteroatoms. The van der Waals surface area contributed by atoms with Gasteiger partial charge in [0.25, 0.3) is 0 Å². The lowest BCUT2D eigenvalue weighted by Gasteiger charge is -2.35. The molecule has 2 aliphatic rings. The Labute approximate surface area is 114 Å². The summed E-state index contributed by atoms with van der Waals surface area (Å²) in [6.07, 6.45) is 4.41. The second-order valence-corrected chi connectivity index (χ2v) is 5.20. The predicted molar refractivity (Wildman–Crippen MR) is 70.6 cm³/mol. The van der Waals surface area contributed by atoms with Gasteiger partial charge in [0.2, 0.25) is 5.91 Å². The lowest BCUT2D eigenvalue weighted by atomic mass is 9.88. The lowest BCUT2D eigenvalue weighted by Crippen LogP contribution is -2.60. The molecule has 0 aromatic heterocycles. The van der Waals surface area contributed by atoms with E-state index in [0.717, 1.165) is 25.7 Å². The van der Waals surface area contributed by atoms with E-state index in [1.807, 2.05) is 0 Å². The number of nitrogens with two attached hydrogens (primary N) is 1. The highest BCUT2D eigenvalue weighted by atomic mass is 35.5. The molecule has 2 fully saturated rings. The Morgan fingerprint density at radius 2 is 1.89 bits per heavy atom. The second kappa shape index (κ2) is 6.70. The van der Waals surface area contributed by atoms with Gasteiger partial charge in [-0.2, -0.15) is 0 Å². The summed E-state index contributed by atoms with van der Waals surface area (Å²) in [6.45, 7) is 1.08. The van der Waals surface area contributed by atoms with E-state index >= 15 is 0 Å². The minimum atomic E-state index is -0.810. The Morgan fingerprint density at radius 3 is 2.50 bits per heavy atom. The number of halogens is 1. The third-order valence-corrected chi connectivity index (χ3v) is 3.88. The van der Waals surface area contributed by atoms with Crippen molar-refractivity contribution < 1.29 is 14.6 Å². The van der Waals surface area contributed by atoms with E-state index in [0.29, 0.717) is 26.1 Å². The molecule has 1 aliphatic carbocycles. The smallest absolute Gasteiger partial charge is 0.240 e. The lowest BCUT2D eigenvalue weighted by molar-refractivity contribution is -0.131. The van der Waals surface area contributed by atoms with Gasteiger partial charge in [-0.1, -0.05) is 12.8 Å². The van der Waals surface area contributed by atoms with Crippen molar-refractivity contribution in [1.29, 1.82) is 0 Å². The Balaban J connectivity index is 0.00000162. The summed E-state index contributed by atoms with van der Waals surface area (Å²) < 4.78 is 5.22. The molecule has 1 saturated heterocycles. The number of carbonyl (C=O) groups is 1. The van der Waals surface area contributed by atoms with Gasteiger partial charge in [-0.3, -0.25) is 4.79 Å². The summed E-state index contributed by atoms with van der Waals surface area (Å²) in [5.41, 5.74) is 5.28. The van der Waals surface area contributed by atoms with Crippen LogP contribution in [0.2, 0.25) is 0 Å². The fraction of sp³-hybridized carbons (Fsp3) is 0.917. The first kappa shape index (κ1) is 15.7. The molecule has 0 unspecified atom stereocenters. The molecule has 1 amide bonds. The van der Waals surface area contributed by atoms with E-state index in [-0.39, 0.29) is 24.4 Å². The number of aliphatic hydroxyl groups is 1. The molecule has 1 aliphatic heterocycles. The quantitative estimate of drug-likeness (QED) is 0.680. The third kappa shape index (κ3) is 3.57. The maximum absolute atomic E-state index is 12.1. The topological polar surface area (TPSA) is 84.6 Å². The summed E-state index contributed by atoms with van der Waals surface area (Å²) in [5.74, 6) is -0.133. The van der Waals surface area contributed by atoms with Crippen molar-refractivity contribution in [3.05, 3.63) is 0 Å². The van der Waals surface area contributed by atoms with Gasteiger partial charge in [-0.25, -0.2) is 0 Å². The van der Waals surface area contributed by atoms with Crippen molar-refractivity contribution in [2.45, 2.75) is 56.2 Å². The van der Waals surface area contributed by atoms with E-state index in [4.69, 9.17) is 10.5 Å². The van der Waals surface area contributed by atoms with Crippen LogP contribution in [0.3, 0.4) is 0 Å². The average molecular weight is 279 g/mol. The van der Waals surface area contributed by atoms with E-state index in [1.165, 1.54) is 0 Å². The highest BCUT2D eigenvalue weighted by Gasteiger charge is 2.38. The Kier molecular flexibility index (Phi) is 5.85. The molecule has 106 valence electrons. The number of hydrogen-bond acceptors (Lipinski definition) is 4. The van der Waals surface area contributed by atoms with Crippen molar-refractivity contribution in [2.75, 3.05) is 13.2 Å². The zero-order valence-electron chi connectivity index (χ0n) is 10.6. The van der Waals surface area contributed by atoms with Gasteiger partial charge >= 0.3 is 0 Å². The number of nitrogens with one attached hydrogen (secondary N) is 1. The summed E-state index contributed by atoms with van der Waals surface area (Å²) in [7, 11) is 0. The summed E-state index contributed by atoms with van der Waals surface area (Å²) >= 11 is 0. The average Bonchev–Trinajstić information content (AvgIpc) is 2.33. The Hall–Kier alpha value is -0.360. The number of aliphatic hydroxyl groups excluding tert-OH is 1. The van der Waals surface area contributed by atoms with Gasteiger partial charge in [0, 0.05) is 13.2 Å². The fourth-order valence-corrected chi connectivity index (χ4v) is 2.55. The molecule has 1 heterocycles. The van der Waals surface area contributed by atoms with E-state index in [1.54, 1.807) is 0 Å². The molecule has 0 spiro atoms. The van der Waals surface area contributed by atoms with Crippen molar-refractivity contribution in [3.63, 3.8) is 0 Å². The molecular formula is C12H23ClN2O3. The van der Waals surface area contributed by atoms with Crippen molar-refractivity contribution in [3.8, 4) is 0 Å². The Bertz CT molecular complexity index is 282. The summed E-state index contributed by atoms with van der Waals surface area (Å²) in [6, 6.07) is -0.125. The molecule has 1 saturated carbocycles. The van der Waals surface area contributed by atoms with Crippen molar-refractivity contribution >= 4 is 18.3 Å². The van der Waals surface area contributed by atoms with Crippen LogP contribution in [0.5, 0.6) is 0 Å². The van der Waals surface area contributed by atoms with Gasteiger partial charge in [0.05, 0.1) is 17.7 Å². The molecule has 5 nitrogen and oxygen atoms in total. The van der Waals surface area contributed by atoms with Crippen LogP contribution in [0.1, 0.15) is 38.5 Å². The maximum atomic E-state index is 12.1. The molecule has 0 bridgehead atoms. The number of amides is 1. The SMILES string of the molecule is Cl.NC1(C(=O)N[C@H]2CCCC[C@@H]2O)CCOCC1. The normalized spacial score (nSPS) is 31.2. The van der Waals surface area contributed by atoms with Crippen molar-refractivity contribution in [2.24, 2.45) is 5.73 Å². The zero-order valence-corrected chi connectivity index (χ0v) is 11.4. The number of ether oxygens (including phenoxy) is 1. The highest BCUT2D eigenvalue weighted by Crippen LogP contribution is 2.21. The second-order valence-electron chi connectivity index (χ2n) is 5.20. The van der Waals surface area contributed by atoms with Gasteiger partial charge < -0.3 is 20.9 Å². The van der Waals surface area contributed by atoms with Crippen molar-refractivity contribution in [1.82, 2.24) is 5.32 Å². The van der Waals surface area contributed by atoms with Gasteiger partial charge in [-0.05, 0) is 25.7 Å². The van der Waals surface area contributed by atoms with Crippen LogP contribution >= 0.6 is 12.4 Å². The largest absolute Gasteiger partial charge is 0.391 e. The molecule has 0 aromatic rings. The monoisotopic (exact) mass is 278 g/mol. The minimum absolute atomic E-state index is 0. The summed E-state index contributed by atoms with van der Waals surface area (Å²) in [4.78, 5) is 12.1. The van der Waals surface area contributed by atoms with Gasteiger partial charge in [0.1, 0.15) is 0 Å². The number of rotatable bonds is 2. The molecule has 4 N–H and O–H groups in total. The molecule has 0 radical (unpaired) electrons. The first-order valence-electron chi connectivity index (χ1n) is 6.47. The van der Waals surface area contributed by atoms with Crippen LogP contribution in [0, 0.1) is 0 Å². The van der Waals surface area contributed by atoms with Crippen LogP contribution in [-0.4, -0.2) is 41.9 Å². The number of hydrogen-bond donors (Lipinski definition) is 3. The standard InChI is InChI=1S/C12H22N2O3.ClH/c13-12(5-7-17-8-6-12)11(16)14-9-3-1-2-4-10(9)15;/h9-10,15H,1-8,13H2,(H,14,16);1H/t9-,10-;/m0./s1. The Morgan fingerprint density at radius 1 is 1.28 bits per heavy atom. The van der Waals surface area contributed by atoms with Crippen LogP contribution in [0.4, 0.5) is 0 Å². The molecular weight excluding hydrogens is 256 g/mol. The van der Waals surface area contributed by atoms with Crippen LogP contribution in [0.15, 0.2) is 0 Å². The molecule has 2 rings (SSSR count). The van der Waals surface area contributed by atoms with Gasteiger partial charge in [-0.15, -0.1) is 12.4 Å². The van der Waals surface area contributed by atoms with E-state index < -0.39 is 11.6 Å². The maximum Gasteiger partial charge on any atom is 0.240 e. The predicted octanol–water partition coefficient (Wildman–Crippen LogP) is 0.336. The first-order valence-corrected chi connectivity index (χ1v) is 6.47. The molecule has 2 atom stereocenters. The van der Waals surface area contributed by atoms with Gasteiger partial charge in [0.15, 0.2) is 0 Å². The fourth-order valence-electron chi connectivity index (χ4n) is 2.55. The van der Waals surface area contributed by atoms with Crippen LogP contribution in [0.25, 0.3) is 0 Å². The van der Waals surface area contributed by atoms with Crippen LogP contribution < -0.4 is 11.1 Å². The molecule has 0 aromatic carbocycles. The minimum Gasteiger partial charge on any atom is -0.391 e. The summed E-state index contributed by atoms with van der Waals surface area (Å²) in [5, 5.41) is 12.7. The highest BCUT2D eigenvalue weighted by molar-refractivity contribution is 5.86. The first-order chi connectivity index (χ1) is 8.12. The van der Waals surface area contributed by atoms with E-state index in [2.05, 4.69) is 5.32 Å². The zero-order chi connectivity index (χ0) is 12.3. The van der Waals surface area contributed by atoms with E-state index in [9.17, 15) is 9.90 Å². The van der Waals surface area contributed by atoms with Crippen LogP contribution in [-0.2, 0) is 9.53 Å². The number of carbonyl (C=O) groups excluding carboxylic acids is 1. The molecule has 18 heavy (non-hydrogen) atoms.